The second kappa shape index (κ2) is 8.20. The Kier molecular flexibility index (Phi) is 6.44. The molecular weight excluding hydrogens is 399 g/mol. The SMILES string of the molecule is CC(C)(C)CCNC(=O)c1ncsc1NC(=O)c1cc(Cl)c(O)c(Cl)n1. The lowest BCUT2D eigenvalue weighted by molar-refractivity contribution is 0.0946. The van der Waals surface area contributed by atoms with Crippen molar-refractivity contribution in [2.45, 2.75) is 27.2 Å². The van der Waals surface area contributed by atoms with E-state index in [1.54, 1.807) is 0 Å². The van der Waals surface area contributed by atoms with Crippen molar-refractivity contribution in [3.8, 4) is 5.75 Å². The van der Waals surface area contributed by atoms with Crippen molar-refractivity contribution >= 4 is 51.4 Å². The van der Waals surface area contributed by atoms with Crippen LogP contribution in [0.3, 0.4) is 0 Å². The number of hydrogen-bond acceptors (Lipinski definition) is 6. The molecule has 0 bridgehead atoms. The summed E-state index contributed by atoms with van der Waals surface area (Å²) in [7, 11) is 0. The largest absolute Gasteiger partial charge is 0.504 e. The lowest BCUT2D eigenvalue weighted by Crippen LogP contribution is -2.28. The molecule has 0 atom stereocenters. The number of amides is 2. The second-order valence-corrected chi connectivity index (χ2v) is 8.30. The van der Waals surface area contributed by atoms with Crippen molar-refractivity contribution in [2.75, 3.05) is 11.9 Å². The number of nitrogens with one attached hydrogen (secondary N) is 2. The molecule has 0 aromatic carbocycles. The summed E-state index contributed by atoms with van der Waals surface area (Å²) in [4.78, 5) is 32.4. The maximum atomic E-state index is 12.3. The average Bonchev–Trinajstić information content (AvgIpc) is 2.98. The van der Waals surface area contributed by atoms with Crippen LogP contribution in [-0.2, 0) is 0 Å². The summed E-state index contributed by atoms with van der Waals surface area (Å²) in [5.74, 6) is -1.40. The fraction of sp³-hybridized carbons (Fsp3) is 0.375. The van der Waals surface area contributed by atoms with Crippen molar-refractivity contribution < 1.29 is 14.7 Å². The van der Waals surface area contributed by atoms with Crippen LogP contribution in [0.25, 0.3) is 0 Å². The zero-order chi connectivity index (χ0) is 19.5. The predicted molar refractivity (Wildman–Crippen MR) is 102 cm³/mol. The minimum absolute atomic E-state index is 0.0923. The number of carbonyl (C=O) groups is 2. The van der Waals surface area contributed by atoms with Gasteiger partial charge in [0.2, 0.25) is 0 Å². The molecule has 7 nitrogen and oxygen atoms in total. The summed E-state index contributed by atoms with van der Waals surface area (Å²) in [5, 5.41) is 14.8. The number of thiazole rings is 1. The zero-order valence-electron chi connectivity index (χ0n) is 14.4. The van der Waals surface area contributed by atoms with Gasteiger partial charge in [-0.05, 0) is 17.9 Å². The summed E-state index contributed by atoms with van der Waals surface area (Å²) in [6.07, 6.45) is 0.805. The van der Waals surface area contributed by atoms with Crippen LogP contribution in [0, 0.1) is 5.41 Å². The first kappa shape index (κ1) is 20.4. The quantitative estimate of drug-likeness (QED) is 0.639. The molecule has 0 radical (unpaired) electrons. The fourth-order valence-corrected chi connectivity index (χ4v) is 3.00. The molecule has 0 aliphatic carbocycles. The molecule has 0 fully saturated rings. The van der Waals surface area contributed by atoms with Gasteiger partial charge in [0.15, 0.2) is 16.6 Å². The Morgan fingerprint density at radius 2 is 1.96 bits per heavy atom. The van der Waals surface area contributed by atoms with Gasteiger partial charge in [0.25, 0.3) is 11.8 Å². The summed E-state index contributed by atoms with van der Waals surface area (Å²) < 4.78 is 0. The van der Waals surface area contributed by atoms with E-state index in [4.69, 9.17) is 23.2 Å². The van der Waals surface area contributed by atoms with Gasteiger partial charge < -0.3 is 15.7 Å². The van der Waals surface area contributed by atoms with Gasteiger partial charge in [0.1, 0.15) is 10.7 Å². The number of rotatable bonds is 5. The normalized spacial score (nSPS) is 11.3. The lowest BCUT2D eigenvalue weighted by Gasteiger charge is -2.17. The van der Waals surface area contributed by atoms with Crippen LogP contribution in [0.4, 0.5) is 5.00 Å². The highest BCUT2D eigenvalue weighted by molar-refractivity contribution is 7.14. The Bertz CT molecular complexity index is 810. The van der Waals surface area contributed by atoms with E-state index in [0.29, 0.717) is 6.54 Å². The molecule has 2 heterocycles. The molecule has 3 N–H and O–H groups in total. The number of nitrogens with zero attached hydrogens (tertiary/aromatic N) is 2. The van der Waals surface area contributed by atoms with Gasteiger partial charge >= 0.3 is 0 Å². The van der Waals surface area contributed by atoms with Crippen LogP contribution < -0.4 is 10.6 Å². The molecule has 10 heteroatoms. The number of halogens is 2. The van der Waals surface area contributed by atoms with Crippen LogP contribution >= 0.6 is 34.5 Å². The first-order chi connectivity index (χ1) is 12.1. The number of carbonyl (C=O) groups excluding carboxylic acids is 2. The Balaban J connectivity index is 2.08. The van der Waals surface area contributed by atoms with E-state index >= 15 is 0 Å². The minimum atomic E-state index is -0.623. The van der Waals surface area contributed by atoms with Gasteiger partial charge in [-0.1, -0.05) is 44.0 Å². The third-order valence-corrected chi connectivity index (χ3v) is 4.60. The Morgan fingerprint density at radius 1 is 1.27 bits per heavy atom. The number of aromatic hydroxyl groups is 1. The Morgan fingerprint density at radius 3 is 2.58 bits per heavy atom. The van der Waals surface area contributed by atoms with Crippen molar-refractivity contribution in [1.29, 1.82) is 0 Å². The van der Waals surface area contributed by atoms with E-state index in [0.717, 1.165) is 17.8 Å². The highest BCUT2D eigenvalue weighted by atomic mass is 35.5. The van der Waals surface area contributed by atoms with Gasteiger partial charge in [0, 0.05) is 6.54 Å². The van der Waals surface area contributed by atoms with E-state index < -0.39 is 11.7 Å². The molecule has 0 aliphatic heterocycles. The Labute approximate surface area is 164 Å². The van der Waals surface area contributed by atoms with E-state index in [-0.39, 0.29) is 37.9 Å². The maximum absolute atomic E-state index is 12.3. The highest BCUT2D eigenvalue weighted by Crippen LogP contribution is 2.30. The van der Waals surface area contributed by atoms with Gasteiger partial charge in [0.05, 0.1) is 10.5 Å². The van der Waals surface area contributed by atoms with Crippen LogP contribution in [-0.4, -0.2) is 33.4 Å². The molecule has 0 saturated carbocycles. The molecule has 0 unspecified atom stereocenters. The first-order valence-corrected chi connectivity index (χ1v) is 9.30. The van der Waals surface area contributed by atoms with Gasteiger partial charge in [-0.25, -0.2) is 9.97 Å². The number of hydrogen-bond donors (Lipinski definition) is 3. The molecule has 0 aliphatic rings. The molecular formula is C16H18Cl2N4O3S. The molecule has 0 spiro atoms. The highest BCUT2D eigenvalue weighted by Gasteiger charge is 2.20. The third kappa shape index (κ3) is 5.30. The van der Waals surface area contributed by atoms with Gasteiger partial charge in [-0.2, -0.15) is 0 Å². The number of pyridine rings is 1. The van der Waals surface area contributed by atoms with Crippen LogP contribution in [0.15, 0.2) is 11.6 Å². The summed E-state index contributed by atoms with van der Waals surface area (Å²) in [6.45, 7) is 6.73. The van der Waals surface area contributed by atoms with E-state index in [1.165, 1.54) is 11.6 Å². The smallest absolute Gasteiger partial charge is 0.275 e. The van der Waals surface area contributed by atoms with Crippen molar-refractivity contribution in [1.82, 2.24) is 15.3 Å². The summed E-state index contributed by atoms with van der Waals surface area (Å²) in [6, 6.07) is 1.18. The van der Waals surface area contributed by atoms with Crippen LogP contribution in [0.1, 0.15) is 48.2 Å². The molecule has 2 aromatic rings. The summed E-state index contributed by atoms with van der Waals surface area (Å²) in [5.41, 5.74) is 1.58. The molecule has 2 aromatic heterocycles. The fourth-order valence-electron chi connectivity index (χ4n) is 1.89. The molecule has 2 rings (SSSR count). The standard InChI is InChI=1S/C16H18Cl2N4O3S/c1-16(2,3)4-5-19-14(25)10-15(26-7-20-10)22-13(24)9-6-8(17)11(23)12(18)21-9/h6-7,23H,4-5H2,1-3H3,(H,19,25)(H,22,24). The summed E-state index contributed by atoms with van der Waals surface area (Å²) >= 11 is 12.6. The van der Waals surface area contributed by atoms with Crippen LogP contribution in [0.5, 0.6) is 5.75 Å². The topological polar surface area (TPSA) is 104 Å². The third-order valence-electron chi connectivity index (χ3n) is 3.31. The van der Waals surface area contributed by atoms with Crippen molar-refractivity contribution in [3.63, 3.8) is 0 Å². The monoisotopic (exact) mass is 416 g/mol. The van der Waals surface area contributed by atoms with Crippen LogP contribution in [0.2, 0.25) is 10.2 Å². The van der Waals surface area contributed by atoms with Crippen molar-refractivity contribution in [2.24, 2.45) is 5.41 Å². The maximum Gasteiger partial charge on any atom is 0.275 e. The van der Waals surface area contributed by atoms with Crippen molar-refractivity contribution in [3.05, 3.63) is 33.1 Å². The molecule has 0 saturated heterocycles. The Hall–Kier alpha value is -1.90. The number of anilines is 1. The lowest BCUT2D eigenvalue weighted by atomic mass is 9.92. The second-order valence-electron chi connectivity index (χ2n) is 6.68. The van der Waals surface area contributed by atoms with E-state index in [2.05, 4.69) is 41.4 Å². The van der Waals surface area contributed by atoms with E-state index in [9.17, 15) is 14.7 Å². The van der Waals surface area contributed by atoms with E-state index in [1.807, 2.05) is 0 Å². The average molecular weight is 417 g/mol. The number of aromatic nitrogens is 2. The first-order valence-electron chi connectivity index (χ1n) is 7.66. The predicted octanol–water partition coefficient (Wildman–Crippen LogP) is 3.97. The van der Waals surface area contributed by atoms with Gasteiger partial charge in [-0.15, -0.1) is 11.3 Å². The zero-order valence-corrected chi connectivity index (χ0v) is 16.7. The molecule has 26 heavy (non-hydrogen) atoms. The van der Waals surface area contributed by atoms with Gasteiger partial charge in [-0.3, -0.25) is 9.59 Å². The molecule has 2 amide bonds. The minimum Gasteiger partial charge on any atom is -0.504 e. The molecule has 140 valence electrons.